The third-order valence-electron chi connectivity index (χ3n) is 4.64. The molecule has 0 fully saturated rings. The number of amides is 1. The maximum absolute atomic E-state index is 12.7. The minimum Gasteiger partial charge on any atom is -0.457 e. The average molecular weight is 369 g/mol. The van der Waals surface area contributed by atoms with Crippen molar-refractivity contribution in [3.63, 3.8) is 0 Å². The van der Waals surface area contributed by atoms with Gasteiger partial charge in [0.15, 0.2) is 12.4 Å². The number of fused-ring (bicyclic) bond motifs is 1. The average Bonchev–Trinajstić information content (AvgIpc) is 2.75. The van der Waals surface area contributed by atoms with Gasteiger partial charge in [0.2, 0.25) is 6.04 Å². The molecule has 28 heavy (non-hydrogen) atoms. The van der Waals surface area contributed by atoms with Crippen LogP contribution in [0.25, 0.3) is 10.8 Å². The Balaban J connectivity index is 1.43. The summed E-state index contributed by atoms with van der Waals surface area (Å²) < 4.78 is 7.70. The fourth-order valence-corrected chi connectivity index (χ4v) is 3.00. The lowest BCUT2D eigenvalue weighted by molar-refractivity contribution is -0.704. The molecule has 0 saturated carbocycles. The van der Waals surface area contributed by atoms with E-state index in [4.69, 9.17) is 4.74 Å². The van der Waals surface area contributed by atoms with Gasteiger partial charge in [-0.15, -0.1) is 0 Å². The smallest absolute Gasteiger partial charge is 0.293 e. The molecule has 1 heterocycles. The monoisotopic (exact) mass is 369 g/mol. The van der Waals surface area contributed by atoms with E-state index in [-0.39, 0.29) is 11.9 Å². The number of pyridine rings is 1. The van der Waals surface area contributed by atoms with Crippen molar-refractivity contribution < 1.29 is 14.1 Å². The molecule has 138 valence electrons. The Morgan fingerprint density at radius 2 is 1.46 bits per heavy atom. The van der Waals surface area contributed by atoms with Gasteiger partial charge in [0.25, 0.3) is 5.91 Å². The standard InChI is InChI=1S/C24H20N2O2/c1-18(26-16-15-19-7-5-6-8-20(19)17-26)24(27)25-21-11-13-23(14-12-21)28-22-9-3-2-4-10-22/h2-18H,1H3/p+1/t18-/m0/s1. The summed E-state index contributed by atoms with van der Waals surface area (Å²) in [7, 11) is 0. The van der Waals surface area contributed by atoms with Gasteiger partial charge in [-0.2, -0.15) is 4.57 Å². The molecule has 1 atom stereocenters. The molecule has 0 aliphatic carbocycles. The first kappa shape index (κ1) is 17.7. The number of ether oxygens (including phenoxy) is 1. The number of rotatable bonds is 5. The summed E-state index contributed by atoms with van der Waals surface area (Å²) in [6.07, 6.45) is 3.93. The van der Waals surface area contributed by atoms with Crippen LogP contribution in [0.1, 0.15) is 13.0 Å². The number of aromatic nitrogens is 1. The number of nitrogens with zero attached hydrogens (tertiary/aromatic N) is 1. The molecule has 4 heteroatoms. The quantitative estimate of drug-likeness (QED) is 0.496. The minimum absolute atomic E-state index is 0.0722. The van der Waals surface area contributed by atoms with Crippen molar-refractivity contribution in [1.82, 2.24) is 0 Å². The van der Waals surface area contributed by atoms with Gasteiger partial charge < -0.3 is 10.1 Å². The Morgan fingerprint density at radius 3 is 2.21 bits per heavy atom. The lowest BCUT2D eigenvalue weighted by Gasteiger charge is -2.10. The van der Waals surface area contributed by atoms with Gasteiger partial charge in [-0.25, -0.2) is 0 Å². The van der Waals surface area contributed by atoms with Gasteiger partial charge in [0, 0.05) is 24.1 Å². The summed E-state index contributed by atoms with van der Waals surface area (Å²) in [6.45, 7) is 1.89. The Morgan fingerprint density at radius 1 is 0.821 bits per heavy atom. The fraction of sp³-hybridized carbons (Fsp3) is 0.0833. The number of carbonyl (C=O) groups is 1. The molecule has 0 spiro atoms. The molecule has 1 aromatic heterocycles. The van der Waals surface area contributed by atoms with E-state index in [1.165, 1.54) is 0 Å². The molecule has 4 aromatic rings. The van der Waals surface area contributed by atoms with Gasteiger partial charge in [-0.1, -0.05) is 36.4 Å². The van der Waals surface area contributed by atoms with Gasteiger partial charge in [-0.05, 0) is 47.9 Å². The second kappa shape index (κ2) is 7.92. The van der Waals surface area contributed by atoms with Crippen molar-refractivity contribution in [3.05, 3.63) is 97.3 Å². The van der Waals surface area contributed by atoms with E-state index >= 15 is 0 Å². The van der Waals surface area contributed by atoms with Crippen LogP contribution in [0, 0.1) is 0 Å². The fourth-order valence-electron chi connectivity index (χ4n) is 3.00. The summed E-state index contributed by atoms with van der Waals surface area (Å²) in [5.41, 5.74) is 0.735. The topological polar surface area (TPSA) is 42.2 Å². The molecule has 0 aliphatic heterocycles. The van der Waals surface area contributed by atoms with Crippen molar-refractivity contribution in [3.8, 4) is 11.5 Å². The summed E-state index contributed by atoms with van der Waals surface area (Å²) >= 11 is 0. The number of benzene rings is 3. The van der Waals surface area contributed by atoms with E-state index in [0.717, 1.165) is 28.0 Å². The van der Waals surface area contributed by atoms with Crippen LogP contribution in [0.3, 0.4) is 0 Å². The van der Waals surface area contributed by atoms with Gasteiger partial charge in [-0.3, -0.25) is 4.79 Å². The van der Waals surface area contributed by atoms with Crippen LogP contribution in [0.15, 0.2) is 97.3 Å². The summed E-state index contributed by atoms with van der Waals surface area (Å²) in [5.74, 6) is 1.43. The zero-order valence-electron chi connectivity index (χ0n) is 15.6. The van der Waals surface area contributed by atoms with Crippen LogP contribution in [-0.4, -0.2) is 5.91 Å². The van der Waals surface area contributed by atoms with E-state index in [0.29, 0.717) is 0 Å². The number of hydrogen-bond acceptors (Lipinski definition) is 2. The highest BCUT2D eigenvalue weighted by Crippen LogP contribution is 2.23. The molecule has 1 N–H and O–H groups in total. The van der Waals surface area contributed by atoms with E-state index in [9.17, 15) is 4.79 Å². The first-order valence-electron chi connectivity index (χ1n) is 9.22. The SMILES string of the molecule is C[C@@H](C(=O)Nc1ccc(Oc2ccccc2)cc1)[n+]1ccc2ccccc2c1. The second-order valence-corrected chi connectivity index (χ2v) is 6.63. The molecular weight excluding hydrogens is 348 g/mol. The Labute approximate surface area is 164 Å². The van der Waals surface area contributed by atoms with Crippen molar-refractivity contribution in [2.45, 2.75) is 13.0 Å². The van der Waals surface area contributed by atoms with E-state index < -0.39 is 0 Å². The Kier molecular flexibility index (Phi) is 5.02. The molecule has 0 saturated heterocycles. The number of anilines is 1. The normalized spacial score (nSPS) is 11.8. The number of hydrogen-bond donors (Lipinski definition) is 1. The predicted molar refractivity (Wildman–Crippen MR) is 110 cm³/mol. The summed E-state index contributed by atoms with van der Waals surface area (Å²) in [4.78, 5) is 12.7. The number of nitrogens with one attached hydrogen (secondary N) is 1. The zero-order chi connectivity index (χ0) is 19.3. The molecular formula is C24H21N2O2+. The van der Waals surface area contributed by atoms with Crippen LogP contribution >= 0.6 is 0 Å². The van der Waals surface area contributed by atoms with Crippen LogP contribution in [0.2, 0.25) is 0 Å². The third-order valence-corrected chi connectivity index (χ3v) is 4.64. The minimum atomic E-state index is -0.329. The highest BCUT2D eigenvalue weighted by molar-refractivity contribution is 5.92. The van der Waals surface area contributed by atoms with E-state index in [2.05, 4.69) is 11.4 Å². The predicted octanol–water partition coefficient (Wildman–Crippen LogP) is 5.12. The Hall–Kier alpha value is -3.66. The maximum atomic E-state index is 12.7. The first-order chi connectivity index (χ1) is 13.7. The summed E-state index contributed by atoms with van der Waals surface area (Å²) in [5, 5.41) is 5.22. The van der Waals surface area contributed by atoms with Crippen LogP contribution in [-0.2, 0) is 4.79 Å². The molecule has 1 amide bonds. The van der Waals surface area contributed by atoms with Crippen molar-refractivity contribution in [1.29, 1.82) is 0 Å². The van der Waals surface area contributed by atoms with Gasteiger partial charge in [0.05, 0.1) is 0 Å². The van der Waals surface area contributed by atoms with Crippen LogP contribution in [0.5, 0.6) is 11.5 Å². The lowest BCUT2D eigenvalue weighted by atomic mass is 10.1. The summed E-state index contributed by atoms with van der Waals surface area (Å²) in [6, 6.07) is 26.8. The zero-order valence-corrected chi connectivity index (χ0v) is 15.6. The van der Waals surface area contributed by atoms with Crippen LogP contribution in [0.4, 0.5) is 5.69 Å². The first-order valence-corrected chi connectivity index (χ1v) is 9.22. The van der Waals surface area contributed by atoms with Crippen molar-refractivity contribution in [2.75, 3.05) is 5.32 Å². The van der Waals surface area contributed by atoms with Crippen molar-refractivity contribution in [2.24, 2.45) is 0 Å². The molecule has 3 aromatic carbocycles. The molecule has 0 bridgehead atoms. The van der Waals surface area contributed by atoms with E-state index in [1.54, 1.807) is 0 Å². The lowest BCUT2D eigenvalue weighted by Crippen LogP contribution is -2.44. The van der Waals surface area contributed by atoms with Crippen molar-refractivity contribution >= 4 is 22.4 Å². The van der Waals surface area contributed by atoms with E-state index in [1.807, 2.05) is 103 Å². The Bertz CT molecular complexity index is 1090. The molecule has 0 radical (unpaired) electrons. The highest BCUT2D eigenvalue weighted by Gasteiger charge is 2.22. The maximum Gasteiger partial charge on any atom is 0.293 e. The molecule has 0 unspecified atom stereocenters. The third kappa shape index (κ3) is 4.01. The highest BCUT2D eigenvalue weighted by atomic mass is 16.5. The van der Waals surface area contributed by atoms with Gasteiger partial charge in [0.1, 0.15) is 11.5 Å². The second-order valence-electron chi connectivity index (χ2n) is 6.63. The molecule has 4 rings (SSSR count). The largest absolute Gasteiger partial charge is 0.457 e. The number of para-hydroxylation sites is 1. The molecule has 0 aliphatic rings. The number of carbonyl (C=O) groups excluding carboxylic acids is 1. The molecule has 4 nitrogen and oxygen atoms in total. The van der Waals surface area contributed by atoms with Gasteiger partial charge >= 0.3 is 0 Å². The van der Waals surface area contributed by atoms with Crippen LogP contribution < -0.4 is 14.6 Å².